The number of urea groups is 1. The maximum absolute atomic E-state index is 12.4. The second-order valence-corrected chi connectivity index (χ2v) is 5.50. The van der Waals surface area contributed by atoms with Crippen LogP contribution in [-0.4, -0.2) is 63.8 Å². The number of carbonyl (C=O) groups is 2. The summed E-state index contributed by atoms with van der Waals surface area (Å²) in [5, 5.41) is 17.9. The van der Waals surface area contributed by atoms with Crippen LogP contribution in [0.4, 0.5) is 4.79 Å². The van der Waals surface area contributed by atoms with Gasteiger partial charge >= 0.3 is 12.0 Å². The number of carbonyl (C=O) groups excluding carboxylic acids is 1. The van der Waals surface area contributed by atoms with Gasteiger partial charge in [-0.05, 0) is 27.2 Å². The van der Waals surface area contributed by atoms with Crippen LogP contribution in [0, 0.1) is 0 Å². The third kappa shape index (κ3) is 6.42. The average molecular weight is 274 g/mol. The molecule has 2 N–H and O–H groups in total. The highest BCUT2D eigenvalue weighted by molar-refractivity contribution is 5.80. The van der Waals surface area contributed by atoms with Crippen molar-refractivity contribution in [2.45, 2.75) is 46.1 Å². The summed E-state index contributed by atoms with van der Waals surface area (Å²) in [6.07, 6.45) is 1.76. The first kappa shape index (κ1) is 17.7. The maximum Gasteiger partial charge on any atom is 0.323 e. The normalized spacial score (nSPS) is 11.2. The summed E-state index contributed by atoms with van der Waals surface area (Å²) in [5.41, 5.74) is -0.574. The summed E-state index contributed by atoms with van der Waals surface area (Å²) in [5.74, 6) is -1.04. The number of aliphatic hydroxyl groups excluding tert-OH is 1. The molecule has 0 rings (SSSR count). The zero-order chi connectivity index (χ0) is 15.1. The second kappa shape index (κ2) is 7.99. The van der Waals surface area contributed by atoms with E-state index in [1.165, 1.54) is 9.80 Å². The predicted octanol–water partition coefficient (Wildman–Crippen LogP) is 1.39. The van der Waals surface area contributed by atoms with Crippen molar-refractivity contribution in [3.8, 4) is 0 Å². The molecule has 0 unspecified atom stereocenters. The van der Waals surface area contributed by atoms with Gasteiger partial charge in [0.05, 0.1) is 6.61 Å². The summed E-state index contributed by atoms with van der Waals surface area (Å²) in [6, 6.07) is -0.336. The Morgan fingerprint density at radius 3 is 2.11 bits per heavy atom. The highest BCUT2D eigenvalue weighted by Crippen LogP contribution is 2.16. The minimum atomic E-state index is -1.04. The van der Waals surface area contributed by atoms with Gasteiger partial charge in [0.25, 0.3) is 0 Å². The molecular formula is C13H26N2O4. The van der Waals surface area contributed by atoms with Crippen LogP contribution in [0.1, 0.15) is 40.5 Å². The molecule has 0 atom stereocenters. The Hall–Kier alpha value is -1.30. The molecule has 0 radical (unpaired) electrons. The van der Waals surface area contributed by atoms with Gasteiger partial charge in [-0.25, -0.2) is 4.79 Å². The molecule has 6 nitrogen and oxygen atoms in total. The fourth-order valence-electron chi connectivity index (χ4n) is 1.67. The fraction of sp³-hybridized carbons (Fsp3) is 0.846. The molecule has 19 heavy (non-hydrogen) atoms. The number of hydrogen-bond acceptors (Lipinski definition) is 3. The molecule has 0 spiro atoms. The molecule has 0 heterocycles. The number of aliphatic carboxylic acids is 1. The molecule has 0 saturated heterocycles. The van der Waals surface area contributed by atoms with Gasteiger partial charge in [-0.1, -0.05) is 13.3 Å². The summed E-state index contributed by atoms with van der Waals surface area (Å²) in [6.45, 7) is 7.70. The molecule has 0 bridgehead atoms. The summed E-state index contributed by atoms with van der Waals surface area (Å²) < 4.78 is 0. The van der Waals surface area contributed by atoms with Gasteiger partial charge in [-0.3, -0.25) is 4.79 Å². The molecule has 112 valence electrons. The molecule has 0 saturated carbocycles. The molecule has 2 amide bonds. The van der Waals surface area contributed by atoms with E-state index in [4.69, 9.17) is 10.2 Å². The number of rotatable bonds is 7. The van der Waals surface area contributed by atoms with Gasteiger partial charge in [-0.15, -0.1) is 0 Å². The minimum absolute atomic E-state index is 0.124. The van der Waals surface area contributed by atoms with Crippen molar-refractivity contribution in [3.63, 3.8) is 0 Å². The number of carboxylic acid groups (broad SMARTS) is 1. The van der Waals surface area contributed by atoms with Crippen LogP contribution in [0.5, 0.6) is 0 Å². The van der Waals surface area contributed by atoms with E-state index in [1.54, 1.807) is 20.8 Å². The second-order valence-electron chi connectivity index (χ2n) is 5.50. The van der Waals surface area contributed by atoms with Gasteiger partial charge in [-0.2, -0.15) is 0 Å². The Bertz CT molecular complexity index is 300. The summed E-state index contributed by atoms with van der Waals surface area (Å²) >= 11 is 0. The number of amides is 2. The van der Waals surface area contributed by atoms with E-state index in [-0.39, 0.29) is 25.7 Å². The lowest BCUT2D eigenvalue weighted by Crippen LogP contribution is -2.54. The SMILES string of the molecule is CCCCN(CCO)C(=O)N(CC(=O)O)C(C)(C)C. The number of unbranched alkanes of at least 4 members (excludes halogenated alkanes) is 1. The van der Waals surface area contributed by atoms with Crippen molar-refractivity contribution in [2.75, 3.05) is 26.2 Å². The van der Waals surface area contributed by atoms with Gasteiger partial charge in [0.15, 0.2) is 0 Å². The molecule has 0 aliphatic rings. The standard InChI is InChI=1S/C13H26N2O4/c1-5-6-7-14(8-9-16)12(19)15(10-11(17)18)13(2,3)4/h16H,5-10H2,1-4H3,(H,17,18). The predicted molar refractivity (Wildman–Crippen MR) is 73.1 cm³/mol. The van der Waals surface area contributed by atoms with Crippen molar-refractivity contribution in [3.05, 3.63) is 0 Å². The number of carboxylic acids is 1. The topological polar surface area (TPSA) is 81.1 Å². The number of hydrogen-bond donors (Lipinski definition) is 2. The fourth-order valence-corrected chi connectivity index (χ4v) is 1.67. The van der Waals surface area contributed by atoms with Crippen molar-refractivity contribution >= 4 is 12.0 Å². The Morgan fingerprint density at radius 1 is 1.16 bits per heavy atom. The lowest BCUT2D eigenvalue weighted by molar-refractivity contribution is -0.138. The first-order chi connectivity index (χ1) is 8.73. The average Bonchev–Trinajstić information content (AvgIpc) is 2.29. The van der Waals surface area contributed by atoms with Crippen LogP contribution < -0.4 is 0 Å². The lowest BCUT2D eigenvalue weighted by Gasteiger charge is -2.38. The van der Waals surface area contributed by atoms with Crippen LogP contribution in [0.2, 0.25) is 0 Å². The molecule has 0 fully saturated rings. The minimum Gasteiger partial charge on any atom is -0.480 e. The Kier molecular flexibility index (Phi) is 7.44. The molecule has 0 aromatic heterocycles. The highest BCUT2D eigenvalue weighted by Gasteiger charge is 2.31. The van der Waals surface area contributed by atoms with E-state index in [2.05, 4.69) is 0 Å². The third-order valence-electron chi connectivity index (χ3n) is 2.76. The molecule has 0 aromatic carbocycles. The highest BCUT2D eigenvalue weighted by atomic mass is 16.4. The van der Waals surface area contributed by atoms with Crippen molar-refractivity contribution in [1.82, 2.24) is 9.80 Å². The Labute approximate surface area is 115 Å². The molecular weight excluding hydrogens is 248 g/mol. The zero-order valence-corrected chi connectivity index (χ0v) is 12.3. The van der Waals surface area contributed by atoms with Crippen molar-refractivity contribution in [1.29, 1.82) is 0 Å². The van der Waals surface area contributed by atoms with Crippen molar-refractivity contribution in [2.24, 2.45) is 0 Å². The van der Waals surface area contributed by atoms with Gasteiger partial charge in [0.2, 0.25) is 0 Å². The number of aliphatic hydroxyl groups is 1. The van der Waals surface area contributed by atoms with Crippen LogP contribution in [-0.2, 0) is 4.79 Å². The van der Waals surface area contributed by atoms with Crippen LogP contribution in [0.15, 0.2) is 0 Å². The van der Waals surface area contributed by atoms with E-state index in [9.17, 15) is 9.59 Å². The zero-order valence-electron chi connectivity index (χ0n) is 12.3. The molecule has 6 heteroatoms. The maximum atomic E-state index is 12.4. The Balaban J connectivity index is 4.95. The summed E-state index contributed by atoms with van der Waals surface area (Å²) in [4.78, 5) is 26.1. The monoisotopic (exact) mass is 274 g/mol. The largest absolute Gasteiger partial charge is 0.480 e. The van der Waals surface area contributed by atoms with Crippen LogP contribution in [0.3, 0.4) is 0 Å². The van der Waals surface area contributed by atoms with E-state index in [0.29, 0.717) is 6.54 Å². The molecule has 0 aliphatic heterocycles. The van der Waals surface area contributed by atoms with Crippen molar-refractivity contribution < 1.29 is 19.8 Å². The quantitative estimate of drug-likeness (QED) is 0.735. The van der Waals surface area contributed by atoms with E-state index >= 15 is 0 Å². The molecule has 0 aliphatic carbocycles. The first-order valence-corrected chi connectivity index (χ1v) is 6.63. The van der Waals surface area contributed by atoms with Crippen LogP contribution in [0.25, 0.3) is 0 Å². The smallest absolute Gasteiger partial charge is 0.323 e. The third-order valence-corrected chi connectivity index (χ3v) is 2.76. The molecule has 0 aromatic rings. The Morgan fingerprint density at radius 2 is 1.74 bits per heavy atom. The first-order valence-electron chi connectivity index (χ1n) is 6.63. The lowest BCUT2D eigenvalue weighted by atomic mass is 10.1. The van der Waals surface area contributed by atoms with Gasteiger partial charge < -0.3 is 20.0 Å². The van der Waals surface area contributed by atoms with Gasteiger partial charge in [0, 0.05) is 18.6 Å². The number of nitrogens with zero attached hydrogens (tertiary/aromatic N) is 2. The summed E-state index contributed by atoms with van der Waals surface area (Å²) in [7, 11) is 0. The van der Waals surface area contributed by atoms with E-state index < -0.39 is 11.5 Å². The van der Waals surface area contributed by atoms with Crippen LogP contribution >= 0.6 is 0 Å². The van der Waals surface area contributed by atoms with E-state index in [0.717, 1.165) is 12.8 Å². The van der Waals surface area contributed by atoms with E-state index in [1.807, 2.05) is 6.92 Å². The van der Waals surface area contributed by atoms with Gasteiger partial charge in [0.1, 0.15) is 6.54 Å².